The normalized spacial score (nSPS) is 12.7. The minimum atomic E-state index is -0.348. The Labute approximate surface area is 127 Å². The Hall–Kier alpha value is 0.140. The highest BCUT2D eigenvalue weighted by Crippen LogP contribution is 2.29. The highest BCUT2D eigenvalue weighted by molar-refractivity contribution is 9.11. The van der Waals surface area contributed by atoms with Gasteiger partial charge in [-0.3, -0.25) is 0 Å². The van der Waals surface area contributed by atoms with Crippen LogP contribution in [0, 0.1) is 0 Å². The number of unbranched alkanes of at least 4 members (excludes halogenated alkanes) is 5. The maximum Gasteiger partial charge on any atom is 0.0801 e. The fourth-order valence-corrected chi connectivity index (χ4v) is 3.36. The molecular formula is C15H22Br2O. The second-order valence-electron chi connectivity index (χ2n) is 4.74. The third-order valence-corrected chi connectivity index (χ3v) is 4.33. The maximum absolute atomic E-state index is 10.1. The van der Waals surface area contributed by atoms with Gasteiger partial charge in [0.1, 0.15) is 0 Å². The lowest BCUT2D eigenvalue weighted by molar-refractivity contribution is 0.162. The molecule has 102 valence electrons. The van der Waals surface area contributed by atoms with Crippen LogP contribution < -0.4 is 0 Å². The van der Waals surface area contributed by atoms with Crippen LogP contribution in [0.25, 0.3) is 0 Å². The number of aliphatic hydroxyl groups excluding tert-OH is 1. The summed E-state index contributed by atoms with van der Waals surface area (Å²) in [5.41, 5.74) is 0.992. The zero-order valence-corrected chi connectivity index (χ0v) is 14.1. The van der Waals surface area contributed by atoms with Gasteiger partial charge in [0.25, 0.3) is 0 Å². The third kappa shape index (κ3) is 5.85. The van der Waals surface area contributed by atoms with Crippen LogP contribution in [-0.4, -0.2) is 5.11 Å². The molecule has 0 heterocycles. The van der Waals surface area contributed by atoms with Crippen LogP contribution in [0.5, 0.6) is 0 Å². The van der Waals surface area contributed by atoms with Gasteiger partial charge < -0.3 is 5.11 Å². The molecule has 0 aliphatic rings. The van der Waals surface area contributed by atoms with Gasteiger partial charge in [-0.25, -0.2) is 0 Å². The topological polar surface area (TPSA) is 20.2 Å². The average Bonchev–Trinajstić information content (AvgIpc) is 2.33. The molecular weight excluding hydrogens is 356 g/mol. The number of aliphatic hydroxyl groups is 1. The molecule has 0 spiro atoms. The lowest BCUT2D eigenvalue weighted by atomic mass is 10.0. The van der Waals surface area contributed by atoms with Crippen molar-refractivity contribution in [3.05, 3.63) is 32.7 Å². The first-order chi connectivity index (χ1) is 8.65. The van der Waals surface area contributed by atoms with Crippen molar-refractivity contribution in [3.63, 3.8) is 0 Å². The highest BCUT2D eigenvalue weighted by atomic mass is 79.9. The Bertz CT molecular complexity index is 352. The van der Waals surface area contributed by atoms with E-state index in [4.69, 9.17) is 0 Å². The maximum atomic E-state index is 10.1. The van der Waals surface area contributed by atoms with Gasteiger partial charge in [-0.2, -0.15) is 0 Å². The average molecular weight is 378 g/mol. The Kier molecular flexibility index (Phi) is 8.20. The van der Waals surface area contributed by atoms with Crippen LogP contribution in [0.15, 0.2) is 27.1 Å². The van der Waals surface area contributed by atoms with E-state index in [1.54, 1.807) is 0 Å². The van der Waals surface area contributed by atoms with Crippen molar-refractivity contribution in [1.29, 1.82) is 0 Å². The summed E-state index contributed by atoms with van der Waals surface area (Å²) in [7, 11) is 0. The van der Waals surface area contributed by atoms with E-state index in [0.29, 0.717) is 0 Å². The predicted octanol–water partition coefficient (Wildman–Crippen LogP) is 6.00. The predicted molar refractivity (Wildman–Crippen MR) is 84.8 cm³/mol. The van der Waals surface area contributed by atoms with E-state index < -0.39 is 0 Å². The molecule has 0 fully saturated rings. The lowest BCUT2D eigenvalue weighted by Crippen LogP contribution is -1.98. The van der Waals surface area contributed by atoms with Gasteiger partial charge in [-0.15, -0.1) is 0 Å². The van der Waals surface area contributed by atoms with Crippen molar-refractivity contribution in [2.45, 2.75) is 58.0 Å². The van der Waals surface area contributed by atoms with E-state index in [9.17, 15) is 5.11 Å². The molecule has 0 aromatic heterocycles. The summed E-state index contributed by atoms with van der Waals surface area (Å²) in [5.74, 6) is 0. The Balaban J connectivity index is 2.29. The number of rotatable bonds is 8. The van der Waals surface area contributed by atoms with Gasteiger partial charge in [0.2, 0.25) is 0 Å². The fourth-order valence-electron chi connectivity index (χ4n) is 2.05. The lowest BCUT2D eigenvalue weighted by Gasteiger charge is -2.13. The molecule has 1 nitrogen and oxygen atoms in total. The number of hydrogen-bond acceptors (Lipinski definition) is 1. The first-order valence-corrected chi connectivity index (χ1v) is 8.36. The fraction of sp³-hybridized carbons (Fsp3) is 0.600. The summed E-state index contributed by atoms with van der Waals surface area (Å²) < 4.78 is 2.01. The molecule has 0 amide bonds. The third-order valence-electron chi connectivity index (χ3n) is 3.15. The van der Waals surface area contributed by atoms with Gasteiger partial charge in [-0.1, -0.05) is 83.4 Å². The van der Waals surface area contributed by atoms with Crippen LogP contribution in [-0.2, 0) is 0 Å². The molecule has 3 heteroatoms. The summed E-state index contributed by atoms with van der Waals surface area (Å²) in [6.07, 6.45) is 8.08. The van der Waals surface area contributed by atoms with Crippen LogP contribution in [0.2, 0.25) is 0 Å². The Morgan fingerprint density at radius 3 is 2.39 bits per heavy atom. The van der Waals surface area contributed by atoms with Crippen LogP contribution in [0.1, 0.15) is 63.5 Å². The van der Waals surface area contributed by atoms with Gasteiger partial charge in [0.15, 0.2) is 0 Å². The zero-order valence-electron chi connectivity index (χ0n) is 11.0. The number of halogens is 2. The number of hydrogen-bond donors (Lipinski definition) is 1. The molecule has 0 bridgehead atoms. The summed E-state index contributed by atoms with van der Waals surface area (Å²) in [6.45, 7) is 2.23. The molecule has 0 radical (unpaired) electrons. The molecule has 0 aliphatic heterocycles. The molecule has 1 rings (SSSR count). The molecule has 0 saturated carbocycles. The second kappa shape index (κ2) is 9.11. The molecule has 0 aliphatic carbocycles. The first-order valence-electron chi connectivity index (χ1n) is 6.78. The van der Waals surface area contributed by atoms with Crippen molar-refractivity contribution in [2.24, 2.45) is 0 Å². The van der Waals surface area contributed by atoms with Crippen molar-refractivity contribution in [2.75, 3.05) is 0 Å². The van der Waals surface area contributed by atoms with E-state index >= 15 is 0 Å². The molecule has 1 unspecified atom stereocenters. The summed E-state index contributed by atoms with van der Waals surface area (Å²) in [6, 6.07) is 5.94. The van der Waals surface area contributed by atoms with Gasteiger partial charge >= 0.3 is 0 Å². The molecule has 1 aromatic rings. The molecule has 0 saturated heterocycles. The zero-order chi connectivity index (χ0) is 13.4. The smallest absolute Gasteiger partial charge is 0.0801 e. The van der Waals surface area contributed by atoms with Crippen LogP contribution >= 0.6 is 31.9 Å². The monoisotopic (exact) mass is 376 g/mol. The van der Waals surface area contributed by atoms with Crippen molar-refractivity contribution in [1.82, 2.24) is 0 Å². The molecule has 18 heavy (non-hydrogen) atoms. The van der Waals surface area contributed by atoms with Crippen molar-refractivity contribution >= 4 is 31.9 Å². The molecule has 1 aromatic carbocycles. The summed E-state index contributed by atoms with van der Waals surface area (Å²) in [4.78, 5) is 0. The first kappa shape index (κ1) is 16.2. The van der Waals surface area contributed by atoms with Crippen LogP contribution in [0.4, 0.5) is 0 Å². The van der Waals surface area contributed by atoms with E-state index in [-0.39, 0.29) is 6.10 Å². The van der Waals surface area contributed by atoms with Crippen molar-refractivity contribution < 1.29 is 5.11 Å². The SMILES string of the molecule is CCCCCCCCC(O)c1ccc(Br)cc1Br. The van der Waals surface area contributed by atoms with Crippen molar-refractivity contribution in [3.8, 4) is 0 Å². The second-order valence-corrected chi connectivity index (χ2v) is 6.51. The summed E-state index contributed by atoms with van der Waals surface area (Å²) >= 11 is 6.92. The van der Waals surface area contributed by atoms with Gasteiger partial charge in [0, 0.05) is 8.95 Å². The quantitative estimate of drug-likeness (QED) is 0.551. The van der Waals surface area contributed by atoms with E-state index in [1.165, 1.54) is 32.1 Å². The number of benzene rings is 1. The molecule has 1 N–H and O–H groups in total. The Morgan fingerprint density at radius 2 is 1.72 bits per heavy atom. The van der Waals surface area contributed by atoms with Gasteiger partial charge in [0.05, 0.1) is 6.10 Å². The Morgan fingerprint density at radius 1 is 1.06 bits per heavy atom. The standard InChI is InChI=1S/C15H22Br2O/c1-2-3-4-5-6-7-8-15(18)13-10-9-12(16)11-14(13)17/h9-11,15,18H,2-8H2,1H3. The largest absolute Gasteiger partial charge is 0.388 e. The minimum absolute atomic E-state index is 0.348. The minimum Gasteiger partial charge on any atom is -0.388 e. The van der Waals surface area contributed by atoms with E-state index in [0.717, 1.165) is 27.4 Å². The van der Waals surface area contributed by atoms with E-state index in [1.807, 2.05) is 18.2 Å². The highest BCUT2D eigenvalue weighted by Gasteiger charge is 2.10. The molecule has 1 atom stereocenters. The summed E-state index contributed by atoms with van der Waals surface area (Å²) in [5, 5.41) is 10.1. The van der Waals surface area contributed by atoms with E-state index in [2.05, 4.69) is 38.8 Å². The van der Waals surface area contributed by atoms with Crippen LogP contribution in [0.3, 0.4) is 0 Å². The van der Waals surface area contributed by atoms with Gasteiger partial charge in [-0.05, 0) is 24.1 Å².